The summed E-state index contributed by atoms with van der Waals surface area (Å²) in [5.74, 6) is -1.21. The first-order valence-electron chi connectivity index (χ1n) is 11.4. The molecule has 0 aliphatic carbocycles. The van der Waals surface area contributed by atoms with Crippen LogP contribution in [0.5, 0.6) is 0 Å². The molecule has 0 unspecified atom stereocenters. The molecule has 8 nitrogen and oxygen atoms in total. The van der Waals surface area contributed by atoms with Crippen LogP contribution in [0.1, 0.15) is 10.4 Å². The largest absolute Gasteiger partial charge is 0.453 e. The van der Waals surface area contributed by atoms with Gasteiger partial charge in [-0.3, -0.25) is 0 Å². The first-order valence-corrected chi connectivity index (χ1v) is 12.7. The van der Waals surface area contributed by atoms with Gasteiger partial charge in [0.25, 0.3) is 0 Å². The summed E-state index contributed by atoms with van der Waals surface area (Å²) in [7, 11) is 0. The molecule has 9 heteroatoms. The molecular weight excluding hydrogens is 575 g/mol. The van der Waals surface area contributed by atoms with Gasteiger partial charge < -0.3 is 18.9 Å². The van der Waals surface area contributed by atoms with Crippen LogP contribution in [0.3, 0.4) is 0 Å². The van der Waals surface area contributed by atoms with E-state index >= 15 is 0 Å². The van der Waals surface area contributed by atoms with E-state index in [0.29, 0.717) is 12.2 Å². The summed E-state index contributed by atoms with van der Waals surface area (Å²) in [6.07, 6.45) is -1.66. The van der Waals surface area contributed by atoms with Crippen molar-refractivity contribution in [3.05, 3.63) is 96.6 Å². The first kappa shape index (κ1) is 24.4. The molecule has 3 aromatic rings. The van der Waals surface area contributed by atoms with E-state index in [1.807, 2.05) is 66.7 Å². The van der Waals surface area contributed by atoms with E-state index < -0.39 is 30.4 Å². The molecule has 0 N–H and O–H groups in total. The molecule has 5 rings (SSSR count). The van der Waals surface area contributed by atoms with Gasteiger partial charge >= 0.3 is 11.9 Å². The quantitative estimate of drug-likeness (QED) is 0.130. The Morgan fingerprint density at radius 2 is 1.44 bits per heavy atom. The summed E-state index contributed by atoms with van der Waals surface area (Å²) >= 11 is 2.15. The maximum atomic E-state index is 12.9. The molecular formula is C27H23IN2O6. The van der Waals surface area contributed by atoms with E-state index in [0.717, 1.165) is 17.6 Å². The Kier molecular flexibility index (Phi) is 7.59. The third-order valence-corrected chi connectivity index (χ3v) is 7.29. The zero-order valence-corrected chi connectivity index (χ0v) is 21.2. The molecule has 5 atom stereocenters. The van der Waals surface area contributed by atoms with E-state index in [9.17, 15) is 9.59 Å². The number of carbonyl (C=O) groups is 2. The predicted molar refractivity (Wildman–Crippen MR) is 141 cm³/mol. The Balaban J connectivity index is 1.34. The van der Waals surface area contributed by atoms with Crippen molar-refractivity contribution in [1.82, 2.24) is 0 Å². The number of nitrogens with zero attached hydrogens (tertiary/aromatic N) is 2. The van der Waals surface area contributed by atoms with Gasteiger partial charge in [0.2, 0.25) is 0 Å². The number of anilines is 2. The van der Waals surface area contributed by atoms with Gasteiger partial charge in [-0.05, 0) is 36.4 Å². The molecule has 2 aliphatic rings. The minimum Gasteiger partial charge on any atom is -0.453 e. The average molecular weight is 598 g/mol. The molecule has 0 amide bonds. The molecule has 2 heterocycles. The monoisotopic (exact) mass is 598 g/mol. The lowest BCUT2D eigenvalue weighted by atomic mass is 10.0. The van der Waals surface area contributed by atoms with Crippen LogP contribution in [0, 0.1) is 0 Å². The third-order valence-electron chi connectivity index (χ3n) is 5.78. The maximum Gasteiger partial charge on any atom is 0.351 e. The molecule has 0 radical (unpaired) electrons. The highest BCUT2D eigenvalue weighted by atomic mass is 127. The second kappa shape index (κ2) is 11.2. The van der Waals surface area contributed by atoms with Gasteiger partial charge in [0.15, 0.2) is 18.5 Å². The fraction of sp³-hybridized carbons (Fsp3) is 0.222. The van der Waals surface area contributed by atoms with Crippen molar-refractivity contribution < 1.29 is 28.5 Å². The number of fused-ring (bicyclic) bond motifs is 2. The molecule has 2 saturated heterocycles. The molecule has 36 heavy (non-hydrogen) atoms. The Morgan fingerprint density at radius 3 is 2.06 bits per heavy atom. The van der Waals surface area contributed by atoms with Crippen LogP contribution in [0.25, 0.3) is 0 Å². The van der Waals surface area contributed by atoms with Gasteiger partial charge in [0.1, 0.15) is 6.21 Å². The van der Waals surface area contributed by atoms with Crippen LogP contribution >= 0.6 is 22.6 Å². The summed E-state index contributed by atoms with van der Waals surface area (Å²) < 4.78 is 22.8. The number of halogens is 1. The maximum absolute atomic E-state index is 12.9. The van der Waals surface area contributed by atoms with E-state index in [4.69, 9.17) is 18.9 Å². The average Bonchev–Trinajstić information content (AvgIpc) is 3.38. The van der Waals surface area contributed by atoms with Crippen LogP contribution in [0.15, 0.2) is 96.1 Å². The predicted octanol–water partition coefficient (Wildman–Crippen LogP) is 4.51. The van der Waals surface area contributed by atoms with Gasteiger partial charge in [0, 0.05) is 0 Å². The van der Waals surface area contributed by atoms with Gasteiger partial charge in [-0.25, -0.2) is 14.6 Å². The number of alkyl halides is 1. The van der Waals surface area contributed by atoms with Crippen LogP contribution in [0.4, 0.5) is 11.4 Å². The number of rotatable bonds is 7. The molecule has 0 aromatic heterocycles. The number of ether oxygens (including phenoxy) is 4. The first-order chi connectivity index (χ1) is 17.6. The molecule has 184 valence electrons. The van der Waals surface area contributed by atoms with Gasteiger partial charge in [-0.1, -0.05) is 77.2 Å². The minimum absolute atomic E-state index is 0.276. The van der Waals surface area contributed by atoms with Crippen molar-refractivity contribution in [2.24, 2.45) is 5.10 Å². The highest BCUT2D eigenvalue weighted by Crippen LogP contribution is 2.36. The summed E-state index contributed by atoms with van der Waals surface area (Å²) in [6, 6.07) is 27.6. The van der Waals surface area contributed by atoms with Gasteiger partial charge in [0.05, 0.1) is 33.6 Å². The Morgan fingerprint density at radius 1 is 0.861 bits per heavy atom. The lowest BCUT2D eigenvalue weighted by Gasteiger charge is -2.37. The van der Waals surface area contributed by atoms with Crippen LogP contribution in [-0.4, -0.2) is 53.3 Å². The van der Waals surface area contributed by atoms with Crippen molar-refractivity contribution in [3.63, 3.8) is 0 Å². The Hall–Kier alpha value is -3.28. The second-order valence-electron chi connectivity index (χ2n) is 8.19. The van der Waals surface area contributed by atoms with Crippen molar-refractivity contribution in [2.75, 3.05) is 11.6 Å². The fourth-order valence-electron chi connectivity index (χ4n) is 4.04. The SMILES string of the molecule is O=C(/C=N/N(c1ccccc1)c1ccccc1)O[C@H]1[C@H](I)[C@H]2CO[C@H](O2)[C@@H]1OC(=O)c1ccccc1. The fourth-order valence-corrected chi connectivity index (χ4v) is 4.97. The van der Waals surface area contributed by atoms with E-state index in [2.05, 4.69) is 27.7 Å². The number of para-hydroxylation sites is 2. The molecule has 2 aliphatic heterocycles. The Labute approximate surface area is 221 Å². The van der Waals surface area contributed by atoms with Crippen molar-refractivity contribution in [2.45, 2.75) is 28.5 Å². The van der Waals surface area contributed by atoms with E-state index in [-0.39, 0.29) is 10.0 Å². The molecule has 0 saturated carbocycles. The van der Waals surface area contributed by atoms with Crippen LogP contribution in [0.2, 0.25) is 0 Å². The smallest absolute Gasteiger partial charge is 0.351 e. The zero-order chi connectivity index (χ0) is 24.9. The normalized spacial score (nSPS) is 24.9. The molecule has 0 spiro atoms. The molecule has 2 fully saturated rings. The second-order valence-corrected chi connectivity index (χ2v) is 9.62. The number of carbonyl (C=O) groups excluding carboxylic acids is 2. The number of hydrogen-bond donors (Lipinski definition) is 0. The van der Waals surface area contributed by atoms with E-state index in [1.54, 1.807) is 29.3 Å². The number of hydrogen-bond acceptors (Lipinski definition) is 8. The van der Waals surface area contributed by atoms with Crippen LogP contribution in [-0.2, 0) is 23.7 Å². The summed E-state index contributed by atoms with van der Waals surface area (Å²) in [4.78, 5) is 25.7. The summed E-state index contributed by atoms with van der Waals surface area (Å²) in [5, 5.41) is 6.05. The highest BCUT2D eigenvalue weighted by Gasteiger charge is 2.53. The van der Waals surface area contributed by atoms with E-state index in [1.165, 1.54) is 0 Å². The van der Waals surface area contributed by atoms with Gasteiger partial charge in [-0.15, -0.1) is 0 Å². The highest BCUT2D eigenvalue weighted by molar-refractivity contribution is 14.1. The minimum atomic E-state index is -0.921. The molecule has 2 bridgehead atoms. The van der Waals surface area contributed by atoms with Crippen molar-refractivity contribution in [3.8, 4) is 0 Å². The number of hydrazone groups is 1. The van der Waals surface area contributed by atoms with Crippen molar-refractivity contribution in [1.29, 1.82) is 0 Å². The Bertz CT molecular complexity index is 1170. The summed E-state index contributed by atoms with van der Waals surface area (Å²) in [6.45, 7) is 0.329. The number of esters is 2. The van der Waals surface area contributed by atoms with Crippen molar-refractivity contribution >= 4 is 52.1 Å². The topological polar surface area (TPSA) is 86.7 Å². The van der Waals surface area contributed by atoms with Crippen LogP contribution < -0.4 is 5.01 Å². The zero-order valence-electron chi connectivity index (χ0n) is 19.1. The third kappa shape index (κ3) is 5.43. The molecule has 3 aromatic carbocycles. The lowest BCUT2D eigenvalue weighted by molar-refractivity contribution is -0.200. The summed E-state index contributed by atoms with van der Waals surface area (Å²) in [5.41, 5.74) is 1.95. The standard InChI is InChI=1S/C27H23IN2O6/c28-23-21-17-33-27(34-21)25(36-26(32)18-10-4-1-5-11-18)24(23)35-22(31)16-29-30(19-12-6-2-7-13-19)20-14-8-3-9-15-20/h1-16,21,23-25,27H,17H2/b29-16+/t21-,23-,24+,25-,27-/m1/s1. The lowest BCUT2D eigenvalue weighted by Crippen LogP contribution is -2.55. The number of benzene rings is 3. The van der Waals surface area contributed by atoms with Gasteiger partial charge in [-0.2, -0.15) is 5.10 Å².